The Kier molecular flexibility index (Phi) is 4.41. The van der Waals surface area contributed by atoms with Gasteiger partial charge in [0, 0.05) is 43.4 Å². The lowest BCUT2D eigenvalue weighted by molar-refractivity contribution is 0.0697. The Bertz CT molecular complexity index is 1150. The van der Waals surface area contributed by atoms with Gasteiger partial charge in [0.2, 0.25) is 0 Å². The first-order chi connectivity index (χ1) is 13.5. The molecule has 7 nitrogen and oxygen atoms in total. The van der Waals surface area contributed by atoms with Gasteiger partial charge in [0.1, 0.15) is 11.5 Å². The highest BCUT2D eigenvalue weighted by atomic mass is 16.4. The van der Waals surface area contributed by atoms with Crippen molar-refractivity contribution in [2.75, 3.05) is 24.3 Å². The molecule has 0 spiro atoms. The van der Waals surface area contributed by atoms with Crippen LogP contribution in [0.5, 0.6) is 0 Å². The van der Waals surface area contributed by atoms with Gasteiger partial charge in [-0.25, -0.2) is 9.78 Å². The number of hydrogen-bond donors (Lipinski definition) is 2. The Balaban J connectivity index is 1.81. The molecule has 0 radical (unpaired) electrons. The molecule has 0 aliphatic rings. The summed E-state index contributed by atoms with van der Waals surface area (Å²) in [4.78, 5) is 22.2. The number of benzene rings is 2. The summed E-state index contributed by atoms with van der Waals surface area (Å²) in [5, 5.41) is 12.6. The van der Waals surface area contributed by atoms with Crippen molar-refractivity contribution in [2.45, 2.75) is 0 Å². The van der Waals surface area contributed by atoms with E-state index in [1.165, 1.54) is 0 Å². The predicted molar refractivity (Wildman–Crippen MR) is 109 cm³/mol. The van der Waals surface area contributed by atoms with E-state index in [0.29, 0.717) is 11.3 Å². The second-order valence-corrected chi connectivity index (χ2v) is 6.57. The summed E-state index contributed by atoms with van der Waals surface area (Å²) in [6.45, 7) is 0. The number of hydrogen-bond acceptors (Lipinski definition) is 5. The average molecular weight is 373 g/mol. The molecule has 0 fully saturated rings. The molecule has 140 valence electrons. The van der Waals surface area contributed by atoms with Crippen molar-refractivity contribution < 1.29 is 9.90 Å². The first-order valence-corrected chi connectivity index (χ1v) is 8.73. The van der Waals surface area contributed by atoms with Gasteiger partial charge in [0.15, 0.2) is 5.65 Å². The van der Waals surface area contributed by atoms with Crippen molar-refractivity contribution in [2.24, 2.45) is 0 Å². The molecule has 0 aliphatic carbocycles. The van der Waals surface area contributed by atoms with Gasteiger partial charge < -0.3 is 15.3 Å². The topological polar surface area (TPSA) is 82.8 Å². The molecule has 2 aromatic heterocycles. The van der Waals surface area contributed by atoms with Gasteiger partial charge in [0.25, 0.3) is 0 Å². The number of carboxylic acids is 1. The molecular weight excluding hydrogens is 354 g/mol. The van der Waals surface area contributed by atoms with Crippen LogP contribution < -0.4 is 10.2 Å². The lowest BCUT2D eigenvalue weighted by atomic mass is 10.1. The van der Waals surface area contributed by atoms with Crippen LogP contribution in [0.25, 0.3) is 16.9 Å². The highest BCUT2D eigenvalue weighted by Gasteiger charge is 2.15. The van der Waals surface area contributed by atoms with Crippen LogP contribution in [0, 0.1) is 0 Å². The monoisotopic (exact) mass is 373 g/mol. The van der Waals surface area contributed by atoms with Crippen LogP contribution in [0.1, 0.15) is 10.4 Å². The van der Waals surface area contributed by atoms with E-state index >= 15 is 0 Å². The zero-order valence-electron chi connectivity index (χ0n) is 15.5. The van der Waals surface area contributed by atoms with E-state index in [-0.39, 0.29) is 5.56 Å². The van der Waals surface area contributed by atoms with E-state index in [4.69, 9.17) is 4.98 Å². The number of imidazole rings is 1. The van der Waals surface area contributed by atoms with E-state index in [2.05, 4.69) is 10.3 Å². The van der Waals surface area contributed by atoms with Crippen LogP contribution in [0.15, 0.2) is 67.1 Å². The van der Waals surface area contributed by atoms with Crippen molar-refractivity contribution >= 4 is 28.8 Å². The fraction of sp³-hybridized carbons (Fsp3) is 0.0952. The number of rotatable bonds is 5. The largest absolute Gasteiger partial charge is 0.478 e. The fourth-order valence-corrected chi connectivity index (χ4v) is 3.01. The molecule has 7 heteroatoms. The van der Waals surface area contributed by atoms with Crippen molar-refractivity contribution in [3.63, 3.8) is 0 Å². The molecule has 4 aromatic rings. The fourth-order valence-electron chi connectivity index (χ4n) is 3.01. The van der Waals surface area contributed by atoms with Crippen LogP contribution in [-0.2, 0) is 0 Å². The minimum absolute atomic E-state index is 0.220. The summed E-state index contributed by atoms with van der Waals surface area (Å²) in [5.74, 6) is -0.219. The SMILES string of the molecule is CN(C)c1ccc(-c2nc3cnccn3c2Nc2cccc(C(=O)O)c2)cc1. The Labute approximate surface area is 161 Å². The van der Waals surface area contributed by atoms with E-state index in [0.717, 1.165) is 22.8 Å². The Morgan fingerprint density at radius 1 is 1.14 bits per heavy atom. The molecule has 0 aliphatic heterocycles. The van der Waals surface area contributed by atoms with E-state index in [9.17, 15) is 9.90 Å². The van der Waals surface area contributed by atoms with Crippen molar-refractivity contribution in [3.8, 4) is 11.3 Å². The molecule has 0 bridgehead atoms. The normalized spacial score (nSPS) is 10.8. The first-order valence-electron chi connectivity index (χ1n) is 8.73. The molecule has 0 saturated carbocycles. The van der Waals surface area contributed by atoms with Crippen molar-refractivity contribution in [3.05, 3.63) is 72.7 Å². The van der Waals surface area contributed by atoms with Crippen LogP contribution in [-0.4, -0.2) is 39.5 Å². The van der Waals surface area contributed by atoms with Crippen LogP contribution >= 0.6 is 0 Å². The molecule has 2 N–H and O–H groups in total. The summed E-state index contributed by atoms with van der Waals surface area (Å²) >= 11 is 0. The number of fused-ring (bicyclic) bond motifs is 1. The van der Waals surface area contributed by atoms with Crippen LogP contribution in [0.3, 0.4) is 0 Å². The third-order valence-electron chi connectivity index (χ3n) is 4.46. The van der Waals surface area contributed by atoms with E-state index in [1.807, 2.05) is 59.9 Å². The second kappa shape index (κ2) is 7.03. The predicted octanol–water partition coefficient (Wildman–Crippen LogP) is 3.90. The molecule has 0 amide bonds. The highest BCUT2D eigenvalue weighted by Crippen LogP contribution is 2.32. The van der Waals surface area contributed by atoms with Crippen LogP contribution in [0.4, 0.5) is 17.2 Å². The molecule has 28 heavy (non-hydrogen) atoms. The maximum atomic E-state index is 11.3. The molecule has 2 aromatic carbocycles. The summed E-state index contributed by atoms with van der Waals surface area (Å²) < 4.78 is 1.90. The molecule has 0 saturated heterocycles. The van der Waals surface area contributed by atoms with E-state index in [1.54, 1.807) is 30.6 Å². The van der Waals surface area contributed by atoms with Gasteiger partial charge in [0.05, 0.1) is 11.8 Å². The molecule has 0 atom stereocenters. The quantitative estimate of drug-likeness (QED) is 0.552. The third kappa shape index (κ3) is 3.25. The number of nitrogens with one attached hydrogen (secondary N) is 1. The smallest absolute Gasteiger partial charge is 0.335 e. The van der Waals surface area contributed by atoms with Gasteiger partial charge in [-0.15, -0.1) is 0 Å². The zero-order chi connectivity index (χ0) is 19.7. The summed E-state index contributed by atoms with van der Waals surface area (Å²) in [5.41, 5.74) is 4.40. The number of aromatic nitrogens is 3. The number of carboxylic acid groups (broad SMARTS) is 1. The molecular formula is C21H19N5O2. The van der Waals surface area contributed by atoms with Crippen molar-refractivity contribution in [1.29, 1.82) is 0 Å². The van der Waals surface area contributed by atoms with Crippen molar-refractivity contribution in [1.82, 2.24) is 14.4 Å². The van der Waals surface area contributed by atoms with Gasteiger partial charge in [-0.05, 0) is 30.3 Å². The highest BCUT2D eigenvalue weighted by molar-refractivity contribution is 5.89. The number of nitrogens with zero attached hydrogens (tertiary/aromatic N) is 4. The Morgan fingerprint density at radius 2 is 1.93 bits per heavy atom. The standard InChI is InChI=1S/C21H19N5O2/c1-25(2)17-8-6-14(7-9-17)19-20(26-11-10-22-13-18(26)24-19)23-16-5-3-4-15(12-16)21(27)28/h3-13,23H,1-2H3,(H,27,28). The second-order valence-electron chi connectivity index (χ2n) is 6.57. The minimum atomic E-state index is -0.967. The van der Waals surface area contributed by atoms with Gasteiger partial charge >= 0.3 is 5.97 Å². The molecule has 4 rings (SSSR count). The number of aromatic carboxylic acids is 1. The van der Waals surface area contributed by atoms with Gasteiger partial charge in [-0.3, -0.25) is 9.38 Å². The number of carbonyl (C=O) groups is 1. The van der Waals surface area contributed by atoms with E-state index < -0.39 is 5.97 Å². The van der Waals surface area contributed by atoms with Gasteiger partial charge in [-0.2, -0.15) is 0 Å². The lowest BCUT2D eigenvalue weighted by Crippen LogP contribution is -2.08. The lowest BCUT2D eigenvalue weighted by Gasteiger charge is -2.13. The third-order valence-corrected chi connectivity index (χ3v) is 4.46. The average Bonchev–Trinajstić information content (AvgIpc) is 3.07. The van der Waals surface area contributed by atoms with Crippen LogP contribution in [0.2, 0.25) is 0 Å². The Morgan fingerprint density at radius 3 is 2.64 bits per heavy atom. The Hall–Kier alpha value is -3.87. The maximum absolute atomic E-state index is 11.3. The summed E-state index contributed by atoms with van der Waals surface area (Å²) in [7, 11) is 3.99. The maximum Gasteiger partial charge on any atom is 0.335 e. The summed E-state index contributed by atoms with van der Waals surface area (Å²) in [6.07, 6.45) is 5.20. The molecule has 2 heterocycles. The first kappa shape index (κ1) is 17.5. The van der Waals surface area contributed by atoms with Gasteiger partial charge in [-0.1, -0.05) is 18.2 Å². The minimum Gasteiger partial charge on any atom is -0.478 e. The molecule has 0 unspecified atom stereocenters. The summed E-state index contributed by atoms with van der Waals surface area (Å²) in [6, 6.07) is 14.8. The number of anilines is 3. The zero-order valence-corrected chi connectivity index (χ0v) is 15.5.